The average molecular weight is 2470 g/mol. The SMILES string of the molecule is C.CC(C)(C)[S@@](=O)N[C@@H]1CCCC12CCN(c1ncc(Br)c3nccn13)CC2.CC(C)(C)[S@@](=O)N[C@@H]1CCCC12CCN(c1ncc(Sc3cncnc3C(F)(F)F)c3nccn13)CC2.COC(=O)CCSc1cncnc1C(F)(F)F.Cl.FC(F)(F)c1ncncc1I.FC(F)(F)c1ncncc1[S-].FC(F)(F)c1ncncc1[S-].N.N[C@@H]1CCCC12CCN(c1ncc(Sc3cncnc3C(F)(F)F)c3nccn13)CC2.[Na+].[Na+]. The molecule has 150 heavy (non-hydrogen) atoms. The predicted octanol–water partition coefficient (Wildman–Crippen LogP) is 14.6. The van der Waals surface area contributed by atoms with Crippen molar-refractivity contribution in [1.82, 2.24) is 119 Å². The molecule has 6 aliphatic rings. The van der Waals surface area contributed by atoms with Crippen LogP contribution in [0.15, 0.2) is 170 Å². The second-order valence-corrected chi connectivity index (χ2v) is 46.0. The molecule has 3 spiro atoms. The third kappa shape index (κ3) is 33.6. The number of nitrogens with one attached hydrogen (secondary N) is 2. The zero-order chi connectivity index (χ0) is 106. The number of hydrogen-bond donors (Lipinski definition) is 4. The summed E-state index contributed by atoms with van der Waals surface area (Å²) >= 11 is 16.5. The first-order valence-electron chi connectivity index (χ1n) is 44.4. The van der Waals surface area contributed by atoms with Crippen LogP contribution in [0.5, 0.6) is 0 Å². The maximum Gasteiger partial charge on any atom is 1.00 e. The van der Waals surface area contributed by atoms with Gasteiger partial charge in [0.15, 0.2) is 39.7 Å². The van der Waals surface area contributed by atoms with Gasteiger partial charge in [-0.15, -0.1) is 34.0 Å². The summed E-state index contributed by atoms with van der Waals surface area (Å²) in [6.45, 7) is 17.3. The second kappa shape index (κ2) is 55.3. The number of carbonyl (C=O) groups excluding carboxylic acids is 1. The first-order chi connectivity index (χ1) is 68.1. The van der Waals surface area contributed by atoms with Crippen molar-refractivity contribution in [3.8, 4) is 0 Å². The number of halogens is 21. The fraction of sp³-hybridized carbons (Fsp3) is 0.511. The van der Waals surface area contributed by atoms with E-state index >= 15 is 0 Å². The maximum absolute atomic E-state index is 13.4. The summed E-state index contributed by atoms with van der Waals surface area (Å²) in [6, 6.07) is 0.849. The normalized spacial score (nSPS) is 17.8. The Morgan fingerprint density at radius 1 is 0.440 bits per heavy atom. The van der Waals surface area contributed by atoms with Crippen LogP contribution in [0.25, 0.3) is 16.9 Å². The van der Waals surface area contributed by atoms with Crippen molar-refractivity contribution in [2.75, 3.05) is 66.8 Å². The van der Waals surface area contributed by atoms with Crippen molar-refractivity contribution < 1.29 is 156 Å². The molecule has 7 N–H and O–H groups in total. The Hall–Kier alpha value is -6.92. The molecule has 6 fully saturated rings. The molecular formula is C88H103BrClF18IN28Na2O4S7. The fourth-order valence-electron chi connectivity index (χ4n) is 17.2. The van der Waals surface area contributed by atoms with Crippen LogP contribution in [0, 0.1) is 19.8 Å². The molecule has 32 nitrogen and oxygen atoms in total. The van der Waals surface area contributed by atoms with Gasteiger partial charge in [-0.2, -0.15) is 79.0 Å². The van der Waals surface area contributed by atoms with E-state index in [2.05, 4.69) is 164 Å². The number of piperidine rings is 3. The number of imidazole rings is 3. The van der Waals surface area contributed by atoms with Gasteiger partial charge in [-0.1, -0.05) is 50.2 Å². The van der Waals surface area contributed by atoms with Crippen LogP contribution in [0.3, 0.4) is 0 Å². The molecule has 15 heterocycles. The van der Waals surface area contributed by atoms with E-state index in [1.54, 1.807) is 59.8 Å². The first-order valence-corrected chi connectivity index (χ1v) is 52.0. The Labute approximate surface area is 952 Å². The number of esters is 1. The summed E-state index contributed by atoms with van der Waals surface area (Å²) in [4.78, 5) is 85.0. The topological polar surface area (TPSA) is 400 Å². The van der Waals surface area contributed by atoms with Crippen LogP contribution in [-0.2, 0) is 93.8 Å². The number of methoxy groups -OCH3 is 1. The Bertz CT molecular complexity index is 6320. The molecule has 62 heteroatoms. The van der Waals surface area contributed by atoms with Gasteiger partial charge in [0.1, 0.15) is 49.4 Å². The van der Waals surface area contributed by atoms with Gasteiger partial charge in [-0.05, 0) is 173 Å². The number of anilines is 3. The molecule has 0 bridgehead atoms. The summed E-state index contributed by atoms with van der Waals surface area (Å²) in [5, 5.41) is 0. The number of hydrogen-bond acceptors (Lipinski definition) is 32. The van der Waals surface area contributed by atoms with E-state index in [1.165, 1.54) is 39.0 Å². The zero-order valence-corrected chi connectivity index (χ0v) is 95.4. The molecule has 0 unspecified atom stereocenters. The minimum absolute atomic E-state index is 0. The van der Waals surface area contributed by atoms with Gasteiger partial charge in [0, 0.05) is 156 Å². The number of aromatic nitrogens is 21. The second-order valence-electron chi connectivity index (χ2n) is 35.8. The number of ether oxygens (including phenoxy) is 1. The third-order valence-electron chi connectivity index (χ3n) is 24.5. The third-order valence-corrected chi connectivity index (χ3v) is 32.8. The molecular weight excluding hydrogens is 2370 g/mol. The predicted molar refractivity (Wildman–Crippen MR) is 538 cm³/mol. The number of rotatable bonds is 15. The van der Waals surface area contributed by atoms with Crippen molar-refractivity contribution in [3.63, 3.8) is 0 Å². The van der Waals surface area contributed by atoms with Gasteiger partial charge in [0.05, 0.1) is 77.5 Å². The fourth-order valence-corrected chi connectivity index (χ4v) is 23.5. The number of alkyl halides is 18. The zero-order valence-electron chi connectivity index (χ0n) is 81.1. The van der Waals surface area contributed by atoms with Gasteiger partial charge in [0.25, 0.3) is 0 Å². The molecule has 12 aromatic rings. The number of thioether (sulfide) groups is 1. The Balaban J connectivity index is 0.000000247. The van der Waals surface area contributed by atoms with Crippen LogP contribution in [-0.4, -0.2) is 197 Å². The van der Waals surface area contributed by atoms with Gasteiger partial charge in [-0.3, -0.25) is 18.0 Å². The average Bonchev–Trinajstić information content (AvgIpc) is 1.59. The van der Waals surface area contributed by atoms with Crippen LogP contribution >= 0.6 is 86.2 Å². The van der Waals surface area contributed by atoms with Crippen molar-refractivity contribution in [2.45, 2.75) is 251 Å². The summed E-state index contributed by atoms with van der Waals surface area (Å²) in [7, 11) is -0.897. The molecule has 3 saturated carbocycles. The quantitative estimate of drug-likeness (QED) is 0.0185. The largest absolute Gasteiger partial charge is 1.00 e. The molecule has 18 rings (SSSR count). The van der Waals surface area contributed by atoms with Crippen LogP contribution in [0.2, 0.25) is 0 Å². The first kappa shape index (κ1) is 130. The van der Waals surface area contributed by atoms with E-state index in [1.807, 2.05) is 68.9 Å². The Morgan fingerprint density at radius 3 is 1.07 bits per heavy atom. The standard InChI is InChI=1S/C24H30F3N7OS2.C20H22F3N7S.C19H28BrN5OS.C9H9F3N2O2S.C5H2F3IN2.2C5H3F3N2S.CH4.ClH.H3N.2Na/c1-22(2,3)37(35)32-18-5-4-6-23(18)7-10-33(11-8-23)21-30-14-17(20-29-9-12-34(20)21)36-16-13-28-15-31-19(16)24(25,26)27;21-20(22,23)16-13(10-25-12-28-16)31-14-11-27-18(30-9-6-26-17(14)30)29-7-4-19(5-8-29)3-1-2-15(19)24;1-18(2,3)27(26)23-15-5-4-6-19(15)7-10-24(11-8-19)17-22-13-14(20)16-21-9-12-25(16)17;1-16-7(15)2-3-17-6-4-13-5-14-8(6)9(10,11)12;6-5(7,8)4-3(9)1-10-2-11-4;2*6-5(7,8)4-3(11)1-9-2-10-4;;;;;/h9,12-15,18,32H,4-8,10-11H2,1-3H3;6,9-12,15H,1-5,7-8,24H2;9,12-13,15,23H,4-8,10-11H2,1-3H3;4-5H,2-3H2,1H3;1-2H;2*1-2,11H;1H4;1H;1H3;;/q;;;;;;;;;;2*+1/p-2/t18-,37-;15-;15-,27-;;;;;;;;;/m111........./s1. The van der Waals surface area contributed by atoms with E-state index in [4.69, 9.17) is 5.73 Å². The van der Waals surface area contributed by atoms with Crippen LogP contribution < -0.4 is 95.1 Å². The summed E-state index contributed by atoms with van der Waals surface area (Å²) in [6.07, 6.45) is 16.8. The molecule has 3 aliphatic heterocycles. The van der Waals surface area contributed by atoms with Gasteiger partial charge < -0.3 is 56.6 Å². The number of carbonyl (C=O) groups is 1. The van der Waals surface area contributed by atoms with E-state index in [0.717, 1.165) is 236 Å². The van der Waals surface area contributed by atoms with E-state index < -0.39 is 99.2 Å². The Morgan fingerprint density at radius 2 is 0.747 bits per heavy atom. The maximum atomic E-state index is 13.4. The van der Waals surface area contributed by atoms with E-state index in [0.29, 0.717) is 33.1 Å². The number of nitrogens with zero attached hydrogens (tertiary/aromatic N) is 24. The van der Waals surface area contributed by atoms with Gasteiger partial charge in [0.2, 0.25) is 17.8 Å². The smallest absolute Gasteiger partial charge is 0.776 e. The van der Waals surface area contributed by atoms with E-state index in [9.17, 15) is 92.2 Å². The Kier molecular flexibility index (Phi) is 47.9. The van der Waals surface area contributed by atoms with Crippen molar-refractivity contribution in [2.24, 2.45) is 22.0 Å². The molecule has 3 saturated heterocycles. The van der Waals surface area contributed by atoms with Crippen molar-refractivity contribution in [1.29, 1.82) is 0 Å². The minimum Gasteiger partial charge on any atom is -0.776 e. The number of fused-ring (bicyclic) bond motifs is 3. The van der Waals surface area contributed by atoms with Crippen LogP contribution in [0.4, 0.5) is 96.9 Å². The van der Waals surface area contributed by atoms with Crippen LogP contribution in [0.1, 0.15) is 186 Å². The molecule has 3 aliphatic carbocycles. The number of nitrogens with two attached hydrogens (primary N) is 1. The minimum atomic E-state index is -4.58. The van der Waals surface area contributed by atoms with Crippen molar-refractivity contribution in [3.05, 3.63) is 173 Å². The molecule has 12 aromatic heterocycles. The van der Waals surface area contributed by atoms with Gasteiger partial charge >= 0.3 is 102 Å². The monoisotopic (exact) mass is 2470 g/mol. The summed E-state index contributed by atoms with van der Waals surface area (Å²) in [5.74, 6) is 2.14. The summed E-state index contributed by atoms with van der Waals surface area (Å²) < 4.78 is 268. The van der Waals surface area contributed by atoms with Gasteiger partial charge in [-0.25, -0.2) is 108 Å². The molecule has 0 radical (unpaired) electrons. The molecule has 0 amide bonds. The summed E-state index contributed by atoms with van der Waals surface area (Å²) in [5.41, 5.74) is 3.10. The van der Waals surface area contributed by atoms with Crippen molar-refractivity contribution >= 4 is 174 Å². The molecule has 810 valence electrons. The molecule has 5 atom stereocenters. The molecule has 0 aromatic carbocycles. The van der Waals surface area contributed by atoms with E-state index in [-0.39, 0.29) is 163 Å².